The highest BCUT2D eigenvalue weighted by molar-refractivity contribution is 7.35. The molecule has 4 atom stereocenters. The SMILES string of the molecule is C=C1C=C(C)c2ccccc2C1.CCC(C)(C)c1cc(C)c2c(c1)C(C)(C)c1cc(C(C)(C)C)cc(C)c1O2.CPn1cc(C)c2ccccc21.Cc1cn(Pn2cc(C)c3ccccc32)c2c1C=CC1CC21. The van der Waals surface area contributed by atoms with Gasteiger partial charge in [-0.05, 0) is 166 Å². The van der Waals surface area contributed by atoms with E-state index in [-0.39, 0.29) is 16.2 Å². The van der Waals surface area contributed by atoms with Gasteiger partial charge in [0.15, 0.2) is 0 Å². The van der Waals surface area contributed by atoms with E-state index in [0.29, 0.717) is 8.88 Å². The zero-order valence-electron chi connectivity index (χ0n) is 46.4. The van der Waals surface area contributed by atoms with E-state index in [4.69, 9.17) is 4.74 Å². The minimum atomic E-state index is -0.0838. The van der Waals surface area contributed by atoms with Gasteiger partial charge in [-0.25, -0.2) is 0 Å². The molecular formula is C67H79N3OP2. The summed E-state index contributed by atoms with van der Waals surface area (Å²) in [5.41, 5.74) is 23.3. The maximum Gasteiger partial charge on any atom is 0.134 e. The third-order valence-electron chi connectivity index (χ3n) is 16.2. The van der Waals surface area contributed by atoms with Crippen LogP contribution in [0.2, 0.25) is 0 Å². The molecule has 0 N–H and O–H groups in total. The Morgan fingerprint density at radius 3 is 1.84 bits per heavy atom. The van der Waals surface area contributed by atoms with Crippen LogP contribution in [0.25, 0.3) is 33.5 Å². The Morgan fingerprint density at radius 1 is 0.671 bits per heavy atom. The lowest BCUT2D eigenvalue weighted by molar-refractivity contribution is 0.407. The number of rotatable bonds is 5. The highest BCUT2D eigenvalue weighted by Crippen LogP contribution is 2.55. The number of aromatic nitrogens is 3. The van der Waals surface area contributed by atoms with E-state index in [1.807, 2.05) is 0 Å². The van der Waals surface area contributed by atoms with Crippen molar-refractivity contribution in [3.63, 3.8) is 0 Å². The number of fused-ring (bicyclic) bond motifs is 8. The van der Waals surface area contributed by atoms with Crippen LogP contribution in [0.15, 0.2) is 140 Å². The molecule has 1 saturated carbocycles. The highest BCUT2D eigenvalue weighted by Gasteiger charge is 2.42. The molecule has 8 aromatic rings. The lowest BCUT2D eigenvalue weighted by Gasteiger charge is -2.39. The van der Waals surface area contributed by atoms with Crippen molar-refractivity contribution in [1.29, 1.82) is 0 Å². The molecule has 1 aliphatic heterocycles. The van der Waals surface area contributed by atoms with Gasteiger partial charge in [0.2, 0.25) is 0 Å². The predicted octanol–water partition coefficient (Wildman–Crippen LogP) is 19.0. The molecule has 4 unspecified atom stereocenters. The van der Waals surface area contributed by atoms with Gasteiger partial charge in [-0.3, -0.25) is 0 Å². The second-order valence-electron chi connectivity index (χ2n) is 23.4. The smallest absolute Gasteiger partial charge is 0.134 e. The fraction of sp³-hybridized carbons (Fsp3) is 0.343. The van der Waals surface area contributed by atoms with Gasteiger partial charge in [0.25, 0.3) is 0 Å². The molecule has 378 valence electrons. The Hall–Kier alpha value is -5.66. The number of nitrogens with zero attached hydrogens (tertiary/aromatic N) is 3. The van der Waals surface area contributed by atoms with Crippen molar-refractivity contribution in [2.75, 3.05) is 6.66 Å². The summed E-state index contributed by atoms with van der Waals surface area (Å²) in [6.07, 6.45) is 17.3. The quantitative estimate of drug-likeness (QED) is 0.158. The number of hydrogen-bond acceptors (Lipinski definition) is 1. The third-order valence-corrected chi connectivity index (χ3v) is 18.2. The average Bonchev–Trinajstić information content (AvgIpc) is 3.86. The summed E-state index contributed by atoms with van der Waals surface area (Å²) in [5, 5.41) is 2.75. The summed E-state index contributed by atoms with van der Waals surface area (Å²) in [6.45, 7) is 37.8. The molecule has 1 fully saturated rings. The highest BCUT2D eigenvalue weighted by atomic mass is 31.1. The Kier molecular flexibility index (Phi) is 14.5. The molecule has 73 heavy (non-hydrogen) atoms. The Balaban J connectivity index is 0.000000127. The fourth-order valence-corrected chi connectivity index (χ4v) is 13.3. The van der Waals surface area contributed by atoms with Crippen LogP contribution in [0.4, 0.5) is 0 Å². The van der Waals surface area contributed by atoms with Crippen LogP contribution in [0.3, 0.4) is 0 Å². The Bertz CT molecular complexity index is 3470. The molecule has 4 nitrogen and oxygen atoms in total. The van der Waals surface area contributed by atoms with Crippen LogP contribution in [0.5, 0.6) is 11.5 Å². The first-order valence-electron chi connectivity index (χ1n) is 26.5. The van der Waals surface area contributed by atoms with Gasteiger partial charge >= 0.3 is 0 Å². The van der Waals surface area contributed by atoms with Crippen molar-refractivity contribution in [2.24, 2.45) is 5.92 Å². The van der Waals surface area contributed by atoms with E-state index in [0.717, 1.165) is 44.9 Å². The first kappa shape index (κ1) is 52.2. The summed E-state index contributed by atoms with van der Waals surface area (Å²) in [5.74, 6) is 3.67. The van der Waals surface area contributed by atoms with Crippen LogP contribution in [0.1, 0.15) is 154 Å². The number of aryl methyl sites for hydroxylation is 5. The fourth-order valence-electron chi connectivity index (χ4n) is 11.1. The summed E-state index contributed by atoms with van der Waals surface area (Å²) in [6, 6.07) is 35.2. The van der Waals surface area contributed by atoms with Crippen molar-refractivity contribution in [2.45, 2.75) is 138 Å². The van der Waals surface area contributed by atoms with Crippen LogP contribution >= 0.6 is 17.6 Å². The molecule has 4 aliphatic rings. The van der Waals surface area contributed by atoms with Gasteiger partial charge in [0, 0.05) is 57.5 Å². The maximum absolute atomic E-state index is 6.54. The summed E-state index contributed by atoms with van der Waals surface area (Å²) >= 11 is 0. The number of allylic oxidation sites excluding steroid dienone is 4. The second-order valence-corrected chi connectivity index (χ2v) is 25.5. The summed E-state index contributed by atoms with van der Waals surface area (Å²) in [7, 11) is 1.44. The molecule has 0 radical (unpaired) electrons. The van der Waals surface area contributed by atoms with Gasteiger partial charge in [-0.1, -0.05) is 171 Å². The normalized spacial score (nSPS) is 17.1. The van der Waals surface area contributed by atoms with Gasteiger partial charge in [0.1, 0.15) is 11.5 Å². The van der Waals surface area contributed by atoms with E-state index >= 15 is 0 Å². The van der Waals surface area contributed by atoms with Gasteiger partial charge < -0.3 is 17.7 Å². The molecule has 0 spiro atoms. The molecule has 6 heteroatoms. The van der Waals surface area contributed by atoms with Gasteiger partial charge in [0.05, 0.1) is 19.9 Å². The van der Waals surface area contributed by atoms with Crippen molar-refractivity contribution in [3.8, 4) is 11.5 Å². The standard InChI is InChI=1S/C26H36O.C19H19N2P.C12H12.C10H12NP/c1-11-25(7,8)19-13-17(3)23-21(15-19)26(9,10)20-14-18(24(4,5)6)12-16(2)22(20)27-23;1-12-10-20(18-6-4-3-5-15(12)18)22-21-11-13(2)16-8-7-14-9-17(14)19(16)21;1-9-7-10(2)12-6-4-3-5-11(12)8-9;1-8-7-11(12-2)10-6-4-3-5-9(8)10/h12-15H,11H2,1-10H3;3-8,10-11,14,17,22H,9H2,1-2H3;3-7H,1,8H2,2H3;3-7,12H,1-2H3. The van der Waals surface area contributed by atoms with Crippen LogP contribution in [-0.2, 0) is 22.7 Å². The summed E-state index contributed by atoms with van der Waals surface area (Å²) < 4.78 is 13.8. The molecule has 0 amide bonds. The molecule has 0 saturated heterocycles. The molecule has 5 aromatic carbocycles. The van der Waals surface area contributed by atoms with Crippen molar-refractivity contribution >= 4 is 51.1 Å². The number of ether oxygens (including phenoxy) is 1. The molecule has 3 aliphatic carbocycles. The average molecular weight is 1000 g/mol. The third kappa shape index (κ3) is 10.3. The Morgan fingerprint density at radius 2 is 1.22 bits per heavy atom. The number of para-hydroxylation sites is 2. The minimum absolute atomic E-state index is 0.0838. The molecule has 3 aromatic heterocycles. The molecule has 4 heterocycles. The van der Waals surface area contributed by atoms with Crippen molar-refractivity contribution in [3.05, 3.63) is 212 Å². The molecule has 12 rings (SSSR count). The Labute approximate surface area is 441 Å². The van der Waals surface area contributed by atoms with Crippen molar-refractivity contribution in [1.82, 2.24) is 13.0 Å². The van der Waals surface area contributed by atoms with E-state index < -0.39 is 0 Å². The minimum Gasteiger partial charge on any atom is -0.456 e. The largest absolute Gasteiger partial charge is 0.456 e. The lowest BCUT2D eigenvalue weighted by Crippen LogP contribution is -2.28. The maximum atomic E-state index is 6.54. The number of benzene rings is 5. The lowest BCUT2D eigenvalue weighted by atomic mass is 9.70. The van der Waals surface area contributed by atoms with E-state index in [1.165, 1.54) is 106 Å². The van der Waals surface area contributed by atoms with Crippen LogP contribution < -0.4 is 4.74 Å². The topological polar surface area (TPSA) is 24.0 Å². The first-order valence-corrected chi connectivity index (χ1v) is 28.9. The molecular weight excluding hydrogens is 925 g/mol. The number of hydrogen-bond donors (Lipinski definition) is 0. The van der Waals surface area contributed by atoms with Crippen LogP contribution in [0, 0.1) is 40.5 Å². The summed E-state index contributed by atoms with van der Waals surface area (Å²) in [4.78, 5) is 0. The van der Waals surface area contributed by atoms with Gasteiger partial charge in [-0.2, -0.15) is 0 Å². The van der Waals surface area contributed by atoms with Crippen LogP contribution in [-0.4, -0.2) is 19.7 Å². The van der Waals surface area contributed by atoms with E-state index in [2.05, 4.69) is 257 Å². The van der Waals surface area contributed by atoms with Gasteiger partial charge in [-0.15, -0.1) is 0 Å². The zero-order valence-corrected chi connectivity index (χ0v) is 48.4. The van der Waals surface area contributed by atoms with E-state index in [1.54, 1.807) is 5.69 Å². The molecule has 0 bridgehead atoms. The monoisotopic (exact) mass is 1000 g/mol. The first-order chi connectivity index (χ1) is 34.6. The van der Waals surface area contributed by atoms with E-state index in [9.17, 15) is 0 Å². The van der Waals surface area contributed by atoms with Crippen molar-refractivity contribution < 1.29 is 4.74 Å². The predicted molar refractivity (Wildman–Crippen MR) is 321 cm³/mol. The second kappa shape index (κ2) is 20.2. The zero-order chi connectivity index (χ0) is 52.3.